The van der Waals surface area contributed by atoms with E-state index in [1.54, 1.807) is 11.9 Å². The first-order chi connectivity index (χ1) is 12.0. The maximum absolute atomic E-state index is 12.8. The second-order valence-corrected chi connectivity index (χ2v) is 6.95. The Balaban J connectivity index is 1.60. The molecule has 3 amide bonds. The van der Waals surface area contributed by atoms with Crippen molar-refractivity contribution in [2.75, 3.05) is 31.6 Å². The van der Waals surface area contributed by atoms with Gasteiger partial charge in [0, 0.05) is 44.7 Å². The number of anilines is 1. The van der Waals surface area contributed by atoms with Gasteiger partial charge in [-0.15, -0.1) is 0 Å². The molecule has 6 heteroatoms. The van der Waals surface area contributed by atoms with Crippen molar-refractivity contribution in [3.05, 3.63) is 29.8 Å². The van der Waals surface area contributed by atoms with E-state index < -0.39 is 0 Å². The zero-order chi connectivity index (χ0) is 18.0. The van der Waals surface area contributed by atoms with Gasteiger partial charge in [0.1, 0.15) is 0 Å². The van der Waals surface area contributed by atoms with Crippen molar-refractivity contribution < 1.29 is 14.4 Å². The summed E-state index contributed by atoms with van der Waals surface area (Å²) in [6.45, 7) is 3.62. The highest BCUT2D eigenvalue weighted by atomic mass is 16.2. The molecular formula is C19H25N3O3. The van der Waals surface area contributed by atoms with Crippen molar-refractivity contribution in [3.8, 4) is 0 Å². The topological polar surface area (TPSA) is 69.7 Å². The quantitative estimate of drug-likeness (QED) is 0.900. The lowest BCUT2D eigenvalue weighted by Crippen LogP contribution is -2.45. The van der Waals surface area contributed by atoms with Crippen LogP contribution < -0.4 is 10.2 Å². The van der Waals surface area contributed by atoms with E-state index in [0.29, 0.717) is 32.5 Å². The summed E-state index contributed by atoms with van der Waals surface area (Å²) in [4.78, 5) is 40.3. The molecule has 1 aromatic rings. The summed E-state index contributed by atoms with van der Waals surface area (Å²) < 4.78 is 0. The van der Waals surface area contributed by atoms with Gasteiger partial charge in [0.15, 0.2) is 0 Å². The monoisotopic (exact) mass is 343 g/mol. The van der Waals surface area contributed by atoms with Crippen molar-refractivity contribution in [2.45, 2.75) is 26.2 Å². The minimum atomic E-state index is -0.287. The minimum Gasteiger partial charge on any atom is -0.359 e. The number of rotatable bonds is 3. The molecule has 2 saturated heterocycles. The van der Waals surface area contributed by atoms with E-state index in [-0.39, 0.29) is 36.0 Å². The van der Waals surface area contributed by atoms with Crippen LogP contribution >= 0.6 is 0 Å². The molecule has 0 bridgehead atoms. The molecule has 1 unspecified atom stereocenters. The fourth-order valence-electron chi connectivity index (χ4n) is 3.67. The maximum Gasteiger partial charge on any atom is 0.228 e. The van der Waals surface area contributed by atoms with Crippen LogP contribution in [0.5, 0.6) is 0 Å². The van der Waals surface area contributed by atoms with Gasteiger partial charge in [-0.25, -0.2) is 0 Å². The number of carbonyl (C=O) groups is 3. The number of hydrogen-bond donors (Lipinski definition) is 1. The standard InChI is InChI=1S/C19H25N3O3/c1-13-3-5-16(6-4-13)22-12-15(11-17(22)23)19(25)21-9-7-14(8-10-21)18(24)20-2/h3-6,14-15H,7-12H2,1-2H3,(H,20,24). The predicted octanol–water partition coefficient (Wildman–Crippen LogP) is 1.33. The van der Waals surface area contributed by atoms with Gasteiger partial charge in [-0.05, 0) is 31.9 Å². The second-order valence-electron chi connectivity index (χ2n) is 6.95. The molecule has 3 rings (SSSR count). The maximum atomic E-state index is 12.8. The van der Waals surface area contributed by atoms with E-state index in [4.69, 9.17) is 0 Å². The van der Waals surface area contributed by atoms with Gasteiger partial charge in [-0.3, -0.25) is 14.4 Å². The lowest BCUT2D eigenvalue weighted by Gasteiger charge is -2.32. The highest BCUT2D eigenvalue weighted by Gasteiger charge is 2.38. The SMILES string of the molecule is CNC(=O)C1CCN(C(=O)C2CC(=O)N(c3ccc(C)cc3)C2)CC1. The fraction of sp³-hybridized carbons (Fsp3) is 0.526. The molecule has 25 heavy (non-hydrogen) atoms. The zero-order valence-corrected chi connectivity index (χ0v) is 14.8. The number of carbonyl (C=O) groups excluding carboxylic acids is 3. The number of amides is 3. The smallest absolute Gasteiger partial charge is 0.228 e. The first-order valence-electron chi connectivity index (χ1n) is 8.87. The van der Waals surface area contributed by atoms with Gasteiger partial charge in [0.2, 0.25) is 17.7 Å². The van der Waals surface area contributed by atoms with E-state index >= 15 is 0 Å². The number of aryl methyl sites for hydroxylation is 1. The molecule has 1 N–H and O–H groups in total. The summed E-state index contributed by atoms with van der Waals surface area (Å²) in [6.07, 6.45) is 1.64. The molecule has 2 aliphatic rings. The minimum absolute atomic E-state index is 0.00227. The fourth-order valence-corrected chi connectivity index (χ4v) is 3.67. The van der Waals surface area contributed by atoms with Crippen molar-refractivity contribution in [1.82, 2.24) is 10.2 Å². The molecule has 6 nitrogen and oxygen atoms in total. The summed E-state index contributed by atoms with van der Waals surface area (Å²) in [7, 11) is 1.64. The zero-order valence-electron chi connectivity index (χ0n) is 14.8. The summed E-state index contributed by atoms with van der Waals surface area (Å²) in [6, 6.07) is 7.80. The molecule has 0 saturated carbocycles. The van der Waals surface area contributed by atoms with Gasteiger partial charge >= 0.3 is 0 Å². The average Bonchev–Trinajstić information content (AvgIpc) is 3.03. The summed E-state index contributed by atoms with van der Waals surface area (Å²) in [5.41, 5.74) is 1.99. The lowest BCUT2D eigenvalue weighted by atomic mass is 9.94. The third kappa shape index (κ3) is 3.67. The molecule has 1 aromatic carbocycles. The molecule has 2 fully saturated rings. The van der Waals surface area contributed by atoms with Crippen LogP contribution in [0.25, 0.3) is 0 Å². The number of nitrogens with one attached hydrogen (secondary N) is 1. The molecular weight excluding hydrogens is 318 g/mol. The summed E-state index contributed by atoms with van der Waals surface area (Å²) in [5, 5.41) is 2.67. The molecule has 0 spiro atoms. The predicted molar refractivity (Wildman–Crippen MR) is 95.0 cm³/mol. The Kier molecular flexibility index (Phi) is 5.06. The normalized spacial score (nSPS) is 21.5. The number of benzene rings is 1. The molecule has 1 atom stereocenters. The van der Waals surface area contributed by atoms with Crippen molar-refractivity contribution in [1.29, 1.82) is 0 Å². The third-order valence-corrected chi connectivity index (χ3v) is 5.24. The van der Waals surface area contributed by atoms with Crippen LogP contribution in [-0.4, -0.2) is 49.3 Å². The summed E-state index contributed by atoms with van der Waals surface area (Å²) >= 11 is 0. The number of hydrogen-bond acceptors (Lipinski definition) is 3. The molecule has 2 heterocycles. The van der Waals surface area contributed by atoms with Crippen molar-refractivity contribution >= 4 is 23.4 Å². The number of nitrogens with zero attached hydrogens (tertiary/aromatic N) is 2. The second kappa shape index (κ2) is 7.25. The van der Waals surface area contributed by atoms with E-state index in [1.807, 2.05) is 36.1 Å². The van der Waals surface area contributed by atoms with Gasteiger partial charge in [0.05, 0.1) is 5.92 Å². The van der Waals surface area contributed by atoms with E-state index in [1.165, 1.54) is 0 Å². The van der Waals surface area contributed by atoms with Gasteiger partial charge < -0.3 is 15.1 Å². The highest BCUT2D eigenvalue weighted by molar-refractivity contribution is 6.00. The molecule has 0 aliphatic carbocycles. The van der Waals surface area contributed by atoms with E-state index in [9.17, 15) is 14.4 Å². The number of piperidine rings is 1. The van der Waals surface area contributed by atoms with Crippen LogP contribution in [0.15, 0.2) is 24.3 Å². The Morgan fingerprint density at radius 2 is 1.72 bits per heavy atom. The Morgan fingerprint density at radius 3 is 2.32 bits per heavy atom. The van der Waals surface area contributed by atoms with Crippen LogP contribution in [0.1, 0.15) is 24.8 Å². The van der Waals surface area contributed by atoms with E-state index in [2.05, 4.69) is 5.32 Å². The summed E-state index contributed by atoms with van der Waals surface area (Å²) in [5.74, 6) is -0.205. The number of likely N-dealkylation sites (tertiary alicyclic amines) is 1. The Labute approximate surface area is 148 Å². The van der Waals surface area contributed by atoms with Gasteiger partial charge in [-0.1, -0.05) is 17.7 Å². The van der Waals surface area contributed by atoms with Gasteiger partial charge in [-0.2, -0.15) is 0 Å². The first-order valence-corrected chi connectivity index (χ1v) is 8.87. The van der Waals surface area contributed by atoms with Crippen LogP contribution in [0.3, 0.4) is 0 Å². The average molecular weight is 343 g/mol. The Hall–Kier alpha value is -2.37. The van der Waals surface area contributed by atoms with Crippen LogP contribution in [0.2, 0.25) is 0 Å². The van der Waals surface area contributed by atoms with E-state index in [0.717, 1.165) is 11.3 Å². The Morgan fingerprint density at radius 1 is 1.08 bits per heavy atom. The van der Waals surface area contributed by atoms with Crippen LogP contribution in [0.4, 0.5) is 5.69 Å². The first kappa shape index (κ1) is 17.5. The highest BCUT2D eigenvalue weighted by Crippen LogP contribution is 2.28. The van der Waals surface area contributed by atoms with Crippen LogP contribution in [-0.2, 0) is 14.4 Å². The third-order valence-electron chi connectivity index (χ3n) is 5.24. The van der Waals surface area contributed by atoms with Gasteiger partial charge in [0.25, 0.3) is 0 Å². The molecule has 0 aromatic heterocycles. The van der Waals surface area contributed by atoms with Crippen molar-refractivity contribution in [2.24, 2.45) is 11.8 Å². The molecule has 2 aliphatic heterocycles. The molecule has 0 radical (unpaired) electrons. The van der Waals surface area contributed by atoms with Crippen molar-refractivity contribution in [3.63, 3.8) is 0 Å². The van der Waals surface area contributed by atoms with Crippen LogP contribution in [0, 0.1) is 18.8 Å². The lowest BCUT2D eigenvalue weighted by molar-refractivity contribution is -0.139. The Bertz CT molecular complexity index is 663. The molecule has 134 valence electrons. The largest absolute Gasteiger partial charge is 0.359 e.